The Balaban J connectivity index is 2.42. The summed E-state index contributed by atoms with van der Waals surface area (Å²) in [5.74, 6) is 0.252. The Morgan fingerprint density at radius 2 is 2.40 bits per heavy atom. The molecule has 1 aromatic heterocycles. The number of thiocarbonyl (C=S) groups is 1. The summed E-state index contributed by atoms with van der Waals surface area (Å²) in [5.41, 5.74) is 6.77. The van der Waals surface area contributed by atoms with E-state index in [1.807, 2.05) is 26.4 Å². The largest absolute Gasteiger partial charge is 0.393 e. The fourth-order valence-corrected chi connectivity index (χ4v) is 1.56. The van der Waals surface area contributed by atoms with Crippen LogP contribution in [0.3, 0.4) is 0 Å². The Morgan fingerprint density at radius 1 is 1.73 bits per heavy atom. The number of hydrogen-bond donors (Lipinski definition) is 1. The Morgan fingerprint density at radius 3 is 2.87 bits per heavy atom. The zero-order valence-electron chi connectivity index (χ0n) is 9.47. The summed E-state index contributed by atoms with van der Waals surface area (Å²) < 4.78 is 1.81. The first-order chi connectivity index (χ1) is 6.99. The van der Waals surface area contributed by atoms with Gasteiger partial charge in [-0.05, 0) is 7.05 Å². The maximum atomic E-state index is 5.57. The highest BCUT2D eigenvalue weighted by Crippen LogP contribution is 2.04. The molecular formula is C10H18N4S. The van der Waals surface area contributed by atoms with Crippen LogP contribution in [0.5, 0.6) is 0 Å². The third-order valence-electron chi connectivity index (χ3n) is 2.28. The molecule has 0 saturated carbocycles. The second-order valence-electron chi connectivity index (χ2n) is 4.02. The second kappa shape index (κ2) is 5.23. The van der Waals surface area contributed by atoms with Crippen LogP contribution in [-0.2, 0) is 13.6 Å². The topological polar surface area (TPSA) is 47.1 Å². The van der Waals surface area contributed by atoms with E-state index in [-0.39, 0.29) is 5.92 Å². The monoisotopic (exact) mass is 226 g/mol. The highest BCUT2D eigenvalue weighted by atomic mass is 32.1. The van der Waals surface area contributed by atoms with Crippen LogP contribution in [0.4, 0.5) is 0 Å². The summed E-state index contributed by atoms with van der Waals surface area (Å²) >= 11 is 4.94. The lowest BCUT2D eigenvalue weighted by molar-refractivity contribution is 0.307. The molecule has 1 heterocycles. The summed E-state index contributed by atoms with van der Waals surface area (Å²) in [6, 6.07) is 0. The van der Waals surface area contributed by atoms with Crippen molar-refractivity contribution < 1.29 is 0 Å². The van der Waals surface area contributed by atoms with Crippen molar-refractivity contribution in [2.75, 3.05) is 13.6 Å². The van der Waals surface area contributed by atoms with Crippen molar-refractivity contribution in [1.82, 2.24) is 14.7 Å². The molecule has 0 aromatic carbocycles. The molecule has 0 bridgehead atoms. The molecule has 0 saturated heterocycles. The van der Waals surface area contributed by atoms with Gasteiger partial charge in [0, 0.05) is 37.8 Å². The number of aromatic nitrogens is 2. The normalized spacial score (nSPS) is 13.1. The van der Waals surface area contributed by atoms with Gasteiger partial charge in [-0.2, -0.15) is 5.10 Å². The summed E-state index contributed by atoms with van der Waals surface area (Å²) in [6.07, 6.45) is 3.89. The predicted molar refractivity (Wildman–Crippen MR) is 65.5 cm³/mol. The van der Waals surface area contributed by atoms with Crippen molar-refractivity contribution in [3.05, 3.63) is 18.0 Å². The molecule has 0 amide bonds. The van der Waals surface area contributed by atoms with Crippen molar-refractivity contribution in [3.8, 4) is 0 Å². The molecule has 1 unspecified atom stereocenters. The molecule has 0 aliphatic rings. The van der Waals surface area contributed by atoms with Gasteiger partial charge in [0.25, 0.3) is 0 Å². The molecule has 0 aliphatic carbocycles. The van der Waals surface area contributed by atoms with Crippen LogP contribution in [0.1, 0.15) is 12.5 Å². The Kier molecular flexibility index (Phi) is 4.23. The molecule has 0 radical (unpaired) electrons. The van der Waals surface area contributed by atoms with Gasteiger partial charge in [-0.25, -0.2) is 0 Å². The molecule has 0 spiro atoms. The molecule has 2 N–H and O–H groups in total. The maximum Gasteiger partial charge on any atom is 0.0768 e. The minimum absolute atomic E-state index is 0.252. The van der Waals surface area contributed by atoms with Crippen LogP contribution >= 0.6 is 12.2 Å². The van der Waals surface area contributed by atoms with Gasteiger partial charge in [-0.3, -0.25) is 4.68 Å². The van der Waals surface area contributed by atoms with E-state index < -0.39 is 0 Å². The number of aryl methyl sites for hydroxylation is 1. The lowest BCUT2D eigenvalue weighted by Gasteiger charge is -2.19. The van der Waals surface area contributed by atoms with Gasteiger partial charge in [-0.1, -0.05) is 19.1 Å². The molecule has 1 atom stereocenters. The quantitative estimate of drug-likeness (QED) is 0.754. The van der Waals surface area contributed by atoms with Crippen LogP contribution in [0, 0.1) is 5.92 Å². The smallest absolute Gasteiger partial charge is 0.0768 e. The van der Waals surface area contributed by atoms with Crippen molar-refractivity contribution in [2.45, 2.75) is 13.5 Å². The van der Waals surface area contributed by atoms with Gasteiger partial charge in [0.05, 0.1) is 11.2 Å². The molecule has 4 nitrogen and oxygen atoms in total. The number of rotatable bonds is 5. The van der Waals surface area contributed by atoms with E-state index in [1.54, 1.807) is 4.68 Å². The fraction of sp³-hybridized carbons (Fsp3) is 0.600. The molecule has 84 valence electrons. The minimum atomic E-state index is 0.252. The number of nitrogens with zero attached hydrogens (tertiary/aromatic N) is 3. The lowest BCUT2D eigenvalue weighted by Crippen LogP contribution is -2.31. The second-order valence-corrected chi connectivity index (χ2v) is 4.49. The van der Waals surface area contributed by atoms with E-state index in [0.717, 1.165) is 13.1 Å². The van der Waals surface area contributed by atoms with Gasteiger partial charge < -0.3 is 10.6 Å². The summed E-state index contributed by atoms with van der Waals surface area (Å²) in [4.78, 5) is 2.77. The van der Waals surface area contributed by atoms with E-state index in [1.165, 1.54) is 5.56 Å². The van der Waals surface area contributed by atoms with Gasteiger partial charge in [0.15, 0.2) is 0 Å². The molecule has 0 aliphatic heterocycles. The Bertz CT molecular complexity index is 334. The predicted octanol–water partition coefficient (Wildman–Crippen LogP) is 0.774. The van der Waals surface area contributed by atoms with E-state index in [4.69, 9.17) is 18.0 Å². The maximum absolute atomic E-state index is 5.57. The molecule has 1 aromatic rings. The van der Waals surface area contributed by atoms with Gasteiger partial charge >= 0.3 is 0 Å². The van der Waals surface area contributed by atoms with E-state index in [2.05, 4.69) is 17.0 Å². The minimum Gasteiger partial charge on any atom is -0.393 e. The average molecular weight is 226 g/mol. The first-order valence-electron chi connectivity index (χ1n) is 4.94. The van der Waals surface area contributed by atoms with Gasteiger partial charge in [0.2, 0.25) is 0 Å². The highest BCUT2D eigenvalue weighted by molar-refractivity contribution is 7.80. The molecular weight excluding hydrogens is 208 g/mol. The Hall–Kier alpha value is -0.940. The van der Waals surface area contributed by atoms with E-state index in [9.17, 15) is 0 Å². The summed E-state index contributed by atoms with van der Waals surface area (Å²) in [6.45, 7) is 3.80. The van der Waals surface area contributed by atoms with Crippen LogP contribution < -0.4 is 5.73 Å². The van der Waals surface area contributed by atoms with E-state index >= 15 is 0 Å². The van der Waals surface area contributed by atoms with E-state index in [0.29, 0.717) is 4.99 Å². The van der Waals surface area contributed by atoms with Crippen LogP contribution in [0.2, 0.25) is 0 Å². The third kappa shape index (κ3) is 3.97. The average Bonchev–Trinajstić information content (AvgIpc) is 2.50. The molecule has 15 heavy (non-hydrogen) atoms. The first-order valence-corrected chi connectivity index (χ1v) is 5.35. The summed E-state index contributed by atoms with van der Waals surface area (Å²) in [5, 5.41) is 4.12. The SMILES string of the molecule is CC(CN(C)Cc1cnn(C)c1)C(N)=S. The van der Waals surface area contributed by atoms with Crippen LogP contribution in [0.15, 0.2) is 12.4 Å². The number of nitrogens with two attached hydrogens (primary N) is 1. The molecule has 5 heteroatoms. The number of hydrogen-bond acceptors (Lipinski definition) is 3. The van der Waals surface area contributed by atoms with Gasteiger partial charge in [0.1, 0.15) is 0 Å². The first kappa shape index (κ1) is 12.1. The van der Waals surface area contributed by atoms with Crippen LogP contribution in [0.25, 0.3) is 0 Å². The summed E-state index contributed by atoms with van der Waals surface area (Å²) in [7, 11) is 3.98. The highest BCUT2D eigenvalue weighted by Gasteiger charge is 2.09. The van der Waals surface area contributed by atoms with Crippen LogP contribution in [-0.4, -0.2) is 33.3 Å². The molecule has 0 fully saturated rings. The molecule has 1 rings (SSSR count). The fourth-order valence-electron chi connectivity index (χ4n) is 1.49. The van der Waals surface area contributed by atoms with Gasteiger partial charge in [-0.15, -0.1) is 0 Å². The third-order valence-corrected chi connectivity index (χ3v) is 2.68. The zero-order chi connectivity index (χ0) is 11.4. The standard InChI is InChI=1S/C10H18N4S/c1-8(10(11)15)5-13(2)6-9-4-12-14(3)7-9/h4,7-8H,5-6H2,1-3H3,(H2,11,15). The van der Waals surface area contributed by atoms with Crippen molar-refractivity contribution in [2.24, 2.45) is 18.7 Å². The van der Waals surface area contributed by atoms with Crippen molar-refractivity contribution in [1.29, 1.82) is 0 Å². The van der Waals surface area contributed by atoms with Crippen molar-refractivity contribution >= 4 is 17.2 Å². The van der Waals surface area contributed by atoms with Crippen molar-refractivity contribution in [3.63, 3.8) is 0 Å². The zero-order valence-corrected chi connectivity index (χ0v) is 10.3. The lowest BCUT2D eigenvalue weighted by atomic mass is 10.1. The Labute approximate surface area is 96.1 Å².